The minimum absolute atomic E-state index is 0.0101. The highest BCUT2D eigenvalue weighted by molar-refractivity contribution is 5.95. The van der Waals surface area contributed by atoms with Crippen molar-refractivity contribution in [3.63, 3.8) is 0 Å². The fraction of sp³-hybridized carbons (Fsp3) is 0.364. The highest BCUT2D eigenvalue weighted by atomic mass is 16.5. The average Bonchev–Trinajstić information content (AvgIpc) is 3.16. The first kappa shape index (κ1) is 18.3. The number of aromatic nitrogens is 2. The summed E-state index contributed by atoms with van der Waals surface area (Å²) in [5.74, 6) is 2.62. The summed E-state index contributed by atoms with van der Waals surface area (Å²) in [7, 11) is 3.17. The van der Waals surface area contributed by atoms with Crippen molar-refractivity contribution in [2.24, 2.45) is 0 Å². The molecule has 1 aromatic heterocycles. The third kappa shape index (κ3) is 3.54. The van der Waals surface area contributed by atoms with Gasteiger partial charge in [-0.25, -0.2) is 4.98 Å². The van der Waals surface area contributed by atoms with E-state index in [9.17, 15) is 4.79 Å². The molecule has 0 unspecified atom stereocenters. The summed E-state index contributed by atoms with van der Waals surface area (Å²) in [6, 6.07) is 11.6. The number of hydrogen-bond donors (Lipinski definition) is 1. The Labute approximate surface area is 164 Å². The Morgan fingerprint density at radius 1 is 1.07 bits per heavy atom. The molecule has 1 amide bonds. The Hall–Kier alpha value is -3.02. The molecule has 0 saturated carbocycles. The van der Waals surface area contributed by atoms with Gasteiger partial charge in [0.05, 0.1) is 25.3 Å². The maximum absolute atomic E-state index is 12.9. The first-order valence-corrected chi connectivity index (χ1v) is 9.56. The third-order valence-electron chi connectivity index (χ3n) is 5.42. The van der Waals surface area contributed by atoms with Crippen LogP contribution >= 0.6 is 0 Å². The minimum Gasteiger partial charge on any atom is -0.497 e. The number of aryl methyl sites for hydroxylation is 1. The molecule has 2 aromatic carbocycles. The summed E-state index contributed by atoms with van der Waals surface area (Å²) in [6.45, 7) is 3.50. The van der Waals surface area contributed by atoms with Gasteiger partial charge < -0.3 is 19.4 Å². The first-order valence-electron chi connectivity index (χ1n) is 9.56. The molecule has 0 aliphatic carbocycles. The Bertz CT molecular complexity index is 981. The molecule has 1 saturated heterocycles. The zero-order valence-corrected chi connectivity index (χ0v) is 16.5. The molecule has 146 valence electrons. The maximum atomic E-state index is 12.9. The number of carbonyl (C=O) groups excluding carboxylic acids is 1. The number of amides is 1. The van der Waals surface area contributed by atoms with Crippen molar-refractivity contribution in [3.8, 4) is 11.5 Å². The van der Waals surface area contributed by atoms with Gasteiger partial charge >= 0.3 is 0 Å². The number of methoxy groups -OCH3 is 2. The van der Waals surface area contributed by atoms with E-state index in [1.807, 2.05) is 4.90 Å². The predicted molar refractivity (Wildman–Crippen MR) is 108 cm³/mol. The zero-order chi connectivity index (χ0) is 19.7. The number of nitrogens with zero attached hydrogens (tertiary/aromatic N) is 2. The van der Waals surface area contributed by atoms with Gasteiger partial charge in [-0.15, -0.1) is 0 Å². The van der Waals surface area contributed by atoms with Gasteiger partial charge in [-0.1, -0.05) is 6.07 Å². The van der Waals surface area contributed by atoms with E-state index in [0.29, 0.717) is 36.1 Å². The molecular formula is C22H25N3O3. The molecular weight excluding hydrogens is 354 g/mol. The van der Waals surface area contributed by atoms with Crippen molar-refractivity contribution in [3.05, 3.63) is 53.3 Å². The fourth-order valence-corrected chi connectivity index (χ4v) is 3.81. The van der Waals surface area contributed by atoms with Gasteiger partial charge in [-0.05, 0) is 49.6 Å². The van der Waals surface area contributed by atoms with Crippen LogP contribution in [0.5, 0.6) is 11.5 Å². The van der Waals surface area contributed by atoms with E-state index in [1.165, 1.54) is 5.56 Å². The number of carbonyl (C=O) groups is 1. The number of piperidine rings is 1. The number of fused-ring (bicyclic) bond motifs is 1. The number of nitrogens with one attached hydrogen (secondary N) is 1. The quantitative estimate of drug-likeness (QED) is 0.746. The second-order valence-corrected chi connectivity index (χ2v) is 7.31. The van der Waals surface area contributed by atoms with Crippen molar-refractivity contribution < 1.29 is 14.3 Å². The van der Waals surface area contributed by atoms with Crippen LogP contribution < -0.4 is 9.47 Å². The number of likely N-dealkylation sites (tertiary alicyclic amines) is 1. The number of imidazole rings is 1. The largest absolute Gasteiger partial charge is 0.497 e. The van der Waals surface area contributed by atoms with Crippen molar-refractivity contribution in [2.45, 2.75) is 25.7 Å². The minimum atomic E-state index is 0.0101. The molecule has 4 rings (SSSR count). The Kier molecular flexibility index (Phi) is 4.94. The van der Waals surface area contributed by atoms with E-state index in [2.05, 4.69) is 30.1 Å². The summed E-state index contributed by atoms with van der Waals surface area (Å²) >= 11 is 0. The molecule has 0 atom stereocenters. The van der Waals surface area contributed by atoms with E-state index in [-0.39, 0.29) is 5.91 Å². The first-order chi connectivity index (χ1) is 13.6. The van der Waals surface area contributed by atoms with Crippen LogP contribution in [0.2, 0.25) is 0 Å². The number of rotatable bonds is 4. The normalized spacial score (nSPS) is 15.0. The van der Waals surface area contributed by atoms with Crippen LogP contribution in [0.3, 0.4) is 0 Å². The van der Waals surface area contributed by atoms with E-state index in [1.54, 1.807) is 32.4 Å². The standard InChI is InChI=1S/C22H25N3O3/c1-14-4-5-19-20(10-14)24-21(23-19)15-6-8-25(9-7-15)22(26)16-11-17(27-2)13-18(12-16)28-3/h4-5,10-13,15H,6-9H2,1-3H3,(H,23,24). The summed E-state index contributed by atoms with van der Waals surface area (Å²) < 4.78 is 10.6. The summed E-state index contributed by atoms with van der Waals surface area (Å²) in [5, 5.41) is 0. The molecule has 2 heterocycles. The maximum Gasteiger partial charge on any atom is 0.254 e. The van der Waals surface area contributed by atoms with Crippen molar-refractivity contribution in [1.29, 1.82) is 0 Å². The van der Waals surface area contributed by atoms with Crippen LogP contribution in [-0.4, -0.2) is 48.1 Å². The van der Waals surface area contributed by atoms with Gasteiger partial charge in [-0.3, -0.25) is 4.79 Å². The molecule has 1 aliphatic rings. The van der Waals surface area contributed by atoms with Crippen LogP contribution in [0.4, 0.5) is 0 Å². The van der Waals surface area contributed by atoms with Crippen LogP contribution in [0.15, 0.2) is 36.4 Å². The number of H-pyrrole nitrogens is 1. The predicted octanol–water partition coefficient (Wildman–Crippen LogP) is 3.91. The lowest BCUT2D eigenvalue weighted by Gasteiger charge is -2.31. The zero-order valence-electron chi connectivity index (χ0n) is 16.5. The van der Waals surface area contributed by atoms with Crippen LogP contribution in [-0.2, 0) is 0 Å². The van der Waals surface area contributed by atoms with Gasteiger partial charge in [0.1, 0.15) is 17.3 Å². The second kappa shape index (κ2) is 7.54. The topological polar surface area (TPSA) is 67.5 Å². The molecule has 0 spiro atoms. The van der Waals surface area contributed by atoms with Crippen molar-refractivity contribution in [1.82, 2.24) is 14.9 Å². The third-order valence-corrected chi connectivity index (χ3v) is 5.42. The molecule has 0 radical (unpaired) electrons. The van der Waals surface area contributed by atoms with Crippen molar-refractivity contribution >= 4 is 16.9 Å². The average molecular weight is 379 g/mol. The lowest BCUT2D eigenvalue weighted by molar-refractivity contribution is 0.0710. The van der Waals surface area contributed by atoms with Gasteiger partial charge in [0, 0.05) is 30.6 Å². The number of ether oxygens (including phenoxy) is 2. The lowest BCUT2D eigenvalue weighted by atomic mass is 9.95. The van der Waals surface area contributed by atoms with E-state index < -0.39 is 0 Å². The fourth-order valence-electron chi connectivity index (χ4n) is 3.81. The van der Waals surface area contributed by atoms with E-state index in [0.717, 1.165) is 29.7 Å². The molecule has 28 heavy (non-hydrogen) atoms. The van der Waals surface area contributed by atoms with E-state index in [4.69, 9.17) is 14.5 Å². The summed E-state index contributed by atoms with van der Waals surface area (Å²) in [6.07, 6.45) is 1.79. The van der Waals surface area contributed by atoms with Gasteiger partial charge in [0.25, 0.3) is 5.91 Å². The smallest absolute Gasteiger partial charge is 0.254 e. The molecule has 6 nitrogen and oxygen atoms in total. The SMILES string of the molecule is COc1cc(OC)cc(C(=O)N2CCC(c3nc4ccc(C)cc4[nH]3)CC2)c1. The lowest BCUT2D eigenvalue weighted by Crippen LogP contribution is -2.38. The van der Waals surface area contributed by atoms with Gasteiger partial charge in [0.15, 0.2) is 0 Å². The Balaban J connectivity index is 1.46. The van der Waals surface area contributed by atoms with Crippen molar-refractivity contribution in [2.75, 3.05) is 27.3 Å². The Morgan fingerprint density at radius 2 is 1.75 bits per heavy atom. The van der Waals surface area contributed by atoms with Crippen LogP contribution in [0.1, 0.15) is 40.5 Å². The summed E-state index contributed by atoms with van der Waals surface area (Å²) in [5.41, 5.74) is 3.89. The number of aromatic amines is 1. The molecule has 1 N–H and O–H groups in total. The van der Waals surface area contributed by atoms with Crippen LogP contribution in [0.25, 0.3) is 11.0 Å². The Morgan fingerprint density at radius 3 is 2.39 bits per heavy atom. The molecule has 1 fully saturated rings. The highest BCUT2D eigenvalue weighted by Gasteiger charge is 2.27. The number of hydrogen-bond acceptors (Lipinski definition) is 4. The monoisotopic (exact) mass is 379 g/mol. The second-order valence-electron chi connectivity index (χ2n) is 7.31. The summed E-state index contributed by atoms with van der Waals surface area (Å²) in [4.78, 5) is 23.1. The molecule has 6 heteroatoms. The van der Waals surface area contributed by atoms with Crippen LogP contribution in [0, 0.1) is 6.92 Å². The van der Waals surface area contributed by atoms with Gasteiger partial charge in [-0.2, -0.15) is 0 Å². The number of benzene rings is 2. The van der Waals surface area contributed by atoms with E-state index >= 15 is 0 Å². The molecule has 1 aliphatic heterocycles. The molecule has 0 bridgehead atoms. The molecule has 3 aromatic rings. The van der Waals surface area contributed by atoms with Gasteiger partial charge in [0.2, 0.25) is 0 Å². The highest BCUT2D eigenvalue weighted by Crippen LogP contribution is 2.30.